The summed E-state index contributed by atoms with van der Waals surface area (Å²) in [5.74, 6) is 1.49. The fourth-order valence-electron chi connectivity index (χ4n) is 7.51. The van der Waals surface area contributed by atoms with E-state index >= 15 is 0 Å². The number of amides is 1. The zero-order chi connectivity index (χ0) is 25.3. The first-order valence-electron chi connectivity index (χ1n) is 13.5. The highest BCUT2D eigenvalue weighted by molar-refractivity contribution is 6.01. The summed E-state index contributed by atoms with van der Waals surface area (Å²) in [4.78, 5) is 24.3. The maximum atomic E-state index is 13.3. The highest BCUT2D eigenvalue weighted by atomic mass is 16.4. The number of aromatic hydroxyl groups is 1. The molecule has 4 aliphatic rings. The molecule has 2 aromatic rings. The number of aliphatic carboxylic acids is 1. The van der Waals surface area contributed by atoms with Crippen LogP contribution in [0.3, 0.4) is 0 Å². The Morgan fingerprint density at radius 3 is 2.33 bits per heavy atom. The molecule has 0 atom stereocenters. The minimum Gasteiger partial charge on any atom is -0.508 e. The Bertz CT molecular complexity index is 1150. The maximum absolute atomic E-state index is 13.3. The number of hydrogen-bond acceptors (Lipinski definition) is 3. The van der Waals surface area contributed by atoms with Crippen LogP contribution in [0.5, 0.6) is 5.75 Å². The molecule has 0 saturated heterocycles. The molecule has 1 amide bonds. The summed E-state index contributed by atoms with van der Waals surface area (Å²) in [6, 6.07) is 11.3. The molecule has 0 spiro atoms. The van der Waals surface area contributed by atoms with Crippen LogP contribution in [0.2, 0.25) is 0 Å². The second-order valence-corrected chi connectivity index (χ2v) is 11.4. The number of carboxylic acid groups (broad SMARTS) is 1. The van der Waals surface area contributed by atoms with Gasteiger partial charge in [-0.25, -0.2) is 4.79 Å². The van der Waals surface area contributed by atoms with Gasteiger partial charge in [0.2, 0.25) is 0 Å². The van der Waals surface area contributed by atoms with Crippen molar-refractivity contribution in [1.29, 1.82) is 0 Å². The zero-order valence-electron chi connectivity index (χ0n) is 21.1. The van der Waals surface area contributed by atoms with E-state index in [1.807, 2.05) is 18.2 Å². The first-order chi connectivity index (χ1) is 17.4. The van der Waals surface area contributed by atoms with Crippen molar-refractivity contribution in [3.8, 4) is 16.9 Å². The van der Waals surface area contributed by atoms with Crippen LogP contribution >= 0.6 is 0 Å². The Kier molecular flexibility index (Phi) is 6.92. The molecule has 4 saturated carbocycles. The highest BCUT2D eigenvalue weighted by Gasteiger charge is 2.52. The largest absolute Gasteiger partial charge is 0.508 e. The van der Waals surface area contributed by atoms with E-state index in [0.29, 0.717) is 23.4 Å². The van der Waals surface area contributed by atoms with Gasteiger partial charge in [0.15, 0.2) is 0 Å². The van der Waals surface area contributed by atoms with Crippen molar-refractivity contribution in [1.82, 2.24) is 5.32 Å². The predicted octanol–water partition coefficient (Wildman–Crippen LogP) is 6.54. The molecule has 36 heavy (non-hydrogen) atoms. The Morgan fingerprint density at radius 2 is 1.69 bits per heavy atom. The molecule has 0 aromatic heterocycles. The van der Waals surface area contributed by atoms with Crippen molar-refractivity contribution < 1.29 is 19.8 Å². The monoisotopic (exact) mass is 487 g/mol. The van der Waals surface area contributed by atoms with Crippen molar-refractivity contribution >= 4 is 18.0 Å². The van der Waals surface area contributed by atoms with Gasteiger partial charge in [0.25, 0.3) is 5.91 Å². The number of unbranched alkanes of at least 4 members (excludes halogenated alkanes) is 2. The lowest BCUT2D eigenvalue weighted by Crippen LogP contribution is -2.48. The second-order valence-electron chi connectivity index (χ2n) is 11.4. The third-order valence-electron chi connectivity index (χ3n) is 8.69. The van der Waals surface area contributed by atoms with E-state index in [1.165, 1.54) is 25.3 Å². The number of phenols is 1. The van der Waals surface area contributed by atoms with Gasteiger partial charge < -0.3 is 15.5 Å². The summed E-state index contributed by atoms with van der Waals surface area (Å²) < 4.78 is 0. The van der Waals surface area contributed by atoms with Gasteiger partial charge >= 0.3 is 5.97 Å². The summed E-state index contributed by atoms with van der Waals surface area (Å²) in [6.45, 7) is 2.74. The van der Waals surface area contributed by atoms with Crippen molar-refractivity contribution in [2.45, 2.75) is 70.1 Å². The Balaban J connectivity index is 1.51. The molecule has 190 valence electrons. The van der Waals surface area contributed by atoms with Gasteiger partial charge in [0, 0.05) is 23.7 Å². The third kappa shape index (κ3) is 4.93. The van der Waals surface area contributed by atoms with Crippen molar-refractivity contribution in [2.24, 2.45) is 17.8 Å². The molecule has 5 nitrogen and oxygen atoms in total. The van der Waals surface area contributed by atoms with Gasteiger partial charge in [0.05, 0.1) is 0 Å². The quantitative estimate of drug-likeness (QED) is 0.277. The third-order valence-corrected chi connectivity index (χ3v) is 8.69. The normalized spacial score (nSPS) is 26.4. The van der Waals surface area contributed by atoms with Crippen LogP contribution in [0.4, 0.5) is 0 Å². The molecule has 4 fully saturated rings. The van der Waals surface area contributed by atoms with Crippen LogP contribution in [0.25, 0.3) is 17.2 Å². The van der Waals surface area contributed by atoms with Crippen LogP contribution < -0.4 is 5.32 Å². The van der Waals surface area contributed by atoms with Crippen LogP contribution in [0.15, 0.2) is 42.5 Å². The molecule has 0 unspecified atom stereocenters. The summed E-state index contributed by atoms with van der Waals surface area (Å²) in [7, 11) is 0. The molecule has 5 heteroatoms. The van der Waals surface area contributed by atoms with E-state index < -0.39 is 5.97 Å². The molecule has 4 aliphatic carbocycles. The maximum Gasteiger partial charge on any atom is 0.328 e. The van der Waals surface area contributed by atoms with Gasteiger partial charge in [-0.15, -0.1) is 0 Å². The number of nitrogens with one attached hydrogen (secondary N) is 1. The fourth-order valence-corrected chi connectivity index (χ4v) is 7.51. The van der Waals surface area contributed by atoms with E-state index in [9.17, 15) is 14.7 Å². The van der Waals surface area contributed by atoms with Crippen LogP contribution in [-0.4, -0.2) is 28.6 Å². The number of rotatable bonds is 9. The van der Waals surface area contributed by atoms with Crippen LogP contribution in [-0.2, 0) is 10.2 Å². The lowest BCUT2D eigenvalue weighted by molar-refractivity contribution is -0.131. The van der Waals surface area contributed by atoms with Crippen molar-refractivity contribution in [3.05, 3.63) is 59.2 Å². The lowest BCUT2D eigenvalue weighted by Gasteiger charge is -2.57. The number of hydrogen-bond donors (Lipinski definition) is 3. The van der Waals surface area contributed by atoms with E-state index in [0.717, 1.165) is 79.0 Å². The smallest absolute Gasteiger partial charge is 0.328 e. The molecule has 6 rings (SSSR count). The van der Waals surface area contributed by atoms with Gasteiger partial charge in [0.1, 0.15) is 5.75 Å². The fraction of sp³-hybridized carbons (Fsp3) is 0.484. The topological polar surface area (TPSA) is 86.6 Å². The Hall–Kier alpha value is -3.08. The van der Waals surface area contributed by atoms with E-state index in [-0.39, 0.29) is 11.3 Å². The molecular formula is C31H37NO4. The number of carbonyl (C=O) groups excluding carboxylic acids is 1. The number of phenolic OH excluding ortho intramolecular Hbond substituents is 1. The molecule has 2 aromatic carbocycles. The summed E-state index contributed by atoms with van der Waals surface area (Å²) >= 11 is 0. The van der Waals surface area contributed by atoms with Crippen LogP contribution in [0.1, 0.15) is 86.2 Å². The SMILES string of the molecule is CCCCCNC(=O)c1cc(/C=C/C(=O)O)ccc1-c1ccc(O)c(C23CC4CC(CC(C4)C2)C3)c1. The highest BCUT2D eigenvalue weighted by Crippen LogP contribution is 2.62. The molecule has 3 N–H and O–H groups in total. The van der Waals surface area contributed by atoms with Gasteiger partial charge in [-0.05, 0) is 109 Å². The standard InChI is InChI=1S/C31H37NO4/c1-2-3-4-11-32-30(36)26-15-20(6-10-29(34)35)5-8-25(26)24-7-9-28(33)27(16-24)31-17-21-12-22(18-31)14-23(13-21)19-31/h5-10,15-16,21-23,33H,2-4,11-14,17-19H2,1H3,(H,32,36)(H,34,35)/b10-6+. The number of benzene rings is 2. The summed E-state index contributed by atoms with van der Waals surface area (Å²) in [6.07, 6.45) is 13.1. The van der Waals surface area contributed by atoms with Gasteiger partial charge in [-0.3, -0.25) is 4.79 Å². The average molecular weight is 488 g/mol. The molecule has 0 heterocycles. The first kappa shape index (κ1) is 24.6. The molecule has 0 aliphatic heterocycles. The number of carboxylic acids is 1. The zero-order valence-corrected chi connectivity index (χ0v) is 21.1. The minimum absolute atomic E-state index is 0.0432. The summed E-state index contributed by atoms with van der Waals surface area (Å²) in [5.41, 5.74) is 4.01. The average Bonchev–Trinajstić information content (AvgIpc) is 2.84. The predicted molar refractivity (Wildman–Crippen MR) is 142 cm³/mol. The van der Waals surface area contributed by atoms with Crippen molar-refractivity contribution in [2.75, 3.05) is 6.54 Å². The van der Waals surface area contributed by atoms with Crippen molar-refractivity contribution in [3.63, 3.8) is 0 Å². The molecule has 4 bridgehead atoms. The van der Waals surface area contributed by atoms with E-state index in [2.05, 4.69) is 18.3 Å². The van der Waals surface area contributed by atoms with Gasteiger partial charge in [-0.1, -0.05) is 38.0 Å². The molecular weight excluding hydrogens is 450 g/mol. The van der Waals surface area contributed by atoms with E-state index in [1.54, 1.807) is 12.1 Å². The Labute approximate surface area is 213 Å². The Morgan fingerprint density at radius 1 is 1.00 bits per heavy atom. The second kappa shape index (κ2) is 10.1. The van der Waals surface area contributed by atoms with Crippen LogP contribution in [0, 0.1) is 17.8 Å². The molecule has 0 radical (unpaired) electrons. The summed E-state index contributed by atoms with van der Waals surface area (Å²) in [5, 5.41) is 23.1. The number of carbonyl (C=O) groups is 2. The van der Waals surface area contributed by atoms with Gasteiger partial charge in [-0.2, -0.15) is 0 Å². The minimum atomic E-state index is -1.02. The first-order valence-corrected chi connectivity index (χ1v) is 13.5. The lowest BCUT2D eigenvalue weighted by atomic mass is 9.48. The van der Waals surface area contributed by atoms with E-state index in [4.69, 9.17) is 5.11 Å².